The van der Waals surface area contributed by atoms with Gasteiger partial charge in [-0.3, -0.25) is 14.9 Å². The van der Waals surface area contributed by atoms with Gasteiger partial charge < -0.3 is 18.7 Å². The zero-order chi connectivity index (χ0) is 19.4. The van der Waals surface area contributed by atoms with Gasteiger partial charge in [0.2, 0.25) is 11.2 Å². The Morgan fingerprint density at radius 2 is 2.00 bits per heavy atom. The maximum atomic E-state index is 13.1. The number of rotatable bonds is 7. The van der Waals surface area contributed by atoms with E-state index in [0.29, 0.717) is 22.8 Å². The third-order valence-electron chi connectivity index (χ3n) is 4.03. The Labute approximate surface area is 155 Å². The van der Waals surface area contributed by atoms with Crippen molar-refractivity contribution in [1.82, 2.24) is 5.32 Å². The highest BCUT2D eigenvalue weighted by atomic mass is 16.5. The molecule has 2 heterocycles. The molecule has 2 N–H and O–H groups in total. The van der Waals surface area contributed by atoms with E-state index in [-0.39, 0.29) is 18.1 Å². The van der Waals surface area contributed by atoms with Crippen LogP contribution in [0.1, 0.15) is 33.7 Å². The Hall–Kier alpha value is -3.32. The third kappa shape index (κ3) is 4.09. The van der Waals surface area contributed by atoms with Crippen LogP contribution in [0.5, 0.6) is 11.5 Å². The second-order valence-corrected chi connectivity index (χ2v) is 5.92. The Morgan fingerprint density at radius 1 is 1.26 bits per heavy atom. The van der Waals surface area contributed by atoms with Gasteiger partial charge in [0.05, 0.1) is 19.9 Å². The molecule has 0 aliphatic carbocycles. The van der Waals surface area contributed by atoms with Crippen molar-refractivity contribution in [3.8, 4) is 11.5 Å². The van der Waals surface area contributed by atoms with E-state index in [1.54, 1.807) is 43.3 Å². The molecule has 140 valence electrons. The lowest BCUT2D eigenvalue weighted by Crippen LogP contribution is -2.29. The van der Waals surface area contributed by atoms with E-state index in [9.17, 15) is 14.7 Å². The molecule has 0 saturated heterocycles. The molecule has 0 aliphatic rings. The number of aromatic hydroxyl groups is 1. The van der Waals surface area contributed by atoms with E-state index < -0.39 is 17.2 Å². The number of benzene rings is 1. The van der Waals surface area contributed by atoms with E-state index in [0.717, 1.165) is 0 Å². The van der Waals surface area contributed by atoms with Gasteiger partial charge in [-0.1, -0.05) is 0 Å². The largest absolute Gasteiger partial charge is 0.502 e. The molecule has 0 bridgehead atoms. The summed E-state index contributed by atoms with van der Waals surface area (Å²) in [5.74, 6) is 0.397. The third-order valence-corrected chi connectivity index (χ3v) is 4.03. The van der Waals surface area contributed by atoms with Gasteiger partial charge in [-0.15, -0.1) is 0 Å². The molecule has 1 unspecified atom stereocenters. The first-order valence-electron chi connectivity index (χ1n) is 8.27. The van der Waals surface area contributed by atoms with Gasteiger partial charge in [0.1, 0.15) is 23.3 Å². The summed E-state index contributed by atoms with van der Waals surface area (Å²) >= 11 is 0. The van der Waals surface area contributed by atoms with E-state index in [4.69, 9.17) is 13.6 Å². The zero-order valence-electron chi connectivity index (χ0n) is 14.9. The van der Waals surface area contributed by atoms with Crippen molar-refractivity contribution in [1.29, 1.82) is 0 Å². The summed E-state index contributed by atoms with van der Waals surface area (Å²) in [6, 6.07) is 10.1. The Bertz CT molecular complexity index is 973. The van der Waals surface area contributed by atoms with Crippen molar-refractivity contribution in [3.05, 3.63) is 81.8 Å². The molecular formula is C20H19NO6. The fourth-order valence-electron chi connectivity index (χ4n) is 2.66. The molecule has 0 saturated carbocycles. The summed E-state index contributed by atoms with van der Waals surface area (Å²) in [5.41, 5.74) is -0.239. The number of furan rings is 1. The molecule has 0 amide bonds. The van der Waals surface area contributed by atoms with Crippen LogP contribution in [-0.4, -0.2) is 18.0 Å². The van der Waals surface area contributed by atoms with Crippen LogP contribution in [0.25, 0.3) is 0 Å². The highest BCUT2D eigenvalue weighted by Crippen LogP contribution is 2.26. The lowest BCUT2D eigenvalue weighted by molar-refractivity contribution is 0.0924. The lowest BCUT2D eigenvalue weighted by atomic mass is 10.0. The number of nitrogens with one attached hydrogen (secondary N) is 1. The standard InChI is InChI=1S/C20H19NO6/c1-12-10-16(22)19(24)20(27-12)17(21-11-15-4-3-9-26-15)18(23)13-5-7-14(25-2)8-6-13/h3-10,17,21,24H,11H2,1-2H3. The predicted molar refractivity (Wildman–Crippen MR) is 97.0 cm³/mol. The van der Waals surface area contributed by atoms with Gasteiger partial charge in [0.15, 0.2) is 11.5 Å². The summed E-state index contributed by atoms with van der Waals surface area (Å²) < 4.78 is 15.9. The van der Waals surface area contributed by atoms with Crippen LogP contribution >= 0.6 is 0 Å². The average molecular weight is 369 g/mol. The fraction of sp³-hybridized carbons (Fsp3) is 0.200. The first-order valence-corrected chi connectivity index (χ1v) is 8.27. The summed E-state index contributed by atoms with van der Waals surface area (Å²) in [7, 11) is 1.53. The van der Waals surface area contributed by atoms with E-state index in [1.165, 1.54) is 19.4 Å². The molecule has 1 aromatic carbocycles. The van der Waals surface area contributed by atoms with Crippen LogP contribution < -0.4 is 15.5 Å². The summed E-state index contributed by atoms with van der Waals surface area (Å²) in [6.45, 7) is 1.78. The Morgan fingerprint density at radius 3 is 2.63 bits per heavy atom. The first-order chi connectivity index (χ1) is 13.0. The monoisotopic (exact) mass is 369 g/mol. The molecule has 2 aromatic heterocycles. The number of aryl methyl sites for hydroxylation is 1. The minimum atomic E-state index is -1.07. The molecule has 7 heteroatoms. The summed E-state index contributed by atoms with van der Waals surface area (Å²) in [4.78, 5) is 25.0. The van der Waals surface area contributed by atoms with E-state index >= 15 is 0 Å². The van der Waals surface area contributed by atoms with Crippen molar-refractivity contribution in [2.75, 3.05) is 7.11 Å². The van der Waals surface area contributed by atoms with Crippen LogP contribution in [0, 0.1) is 6.92 Å². The van der Waals surface area contributed by atoms with Gasteiger partial charge >= 0.3 is 0 Å². The molecule has 1 atom stereocenters. The van der Waals surface area contributed by atoms with Gasteiger partial charge in [0.25, 0.3) is 0 Å². The van der Waals surface area contributed by atoms with Crippen molar-refractivity contribution in [2.45, 2.75) is 19.5 Å². The molecule has 0 aliphatic heterocycles. The number of methoxy groups -OCH3 is 1. The topological polar surface area (TPSA) is 102 Å². The number of Topliss-reactive ketones (excluding diaryl/α,β-unsaturated/α-hetero) is 1. The molecule has 27 heavy (non-hydrogen) atoms. The van der Waals surface area contributed by atoms with E-state index in [2.05, 4.69) is 5.32 Å². The number of ketones is 1. The predicted octanol–water partition coefficient (Wildman–Crippen LogP) is 2.97. The second kappa shape index (κ2) is 7.92. The number of ether oxygens (including phenoxy) is 1. The minimum absolute atomic E-state index is 0.132. The van der Waals surface area contributed by atoms with Crippen LogP contribution in [-0.2, 0) is 6.54 Å². The second-order valence-electron chi connectivity index (χ2n) is 5.92. The van der Waals surface area contributed by atoms with Gasteiger partial charge in [-0.2, -0.15) is 0 Å². The maximum absolute atomic E-state index is 13.1. The number of carbonyl (C=O) groups is 1. The van der Waals surface area contributed by atoms with Crippen LogP contribution in [0.15, 0.2) is 62.4 Å². The molecule has 3 aromatic rings. The average Bonchev–Trinajstić information content (AvgIpc) is 3.19. The Kier molecular flexibility index (Phi) is 5.42. The quantitative estimate of drug-likeness (QED) is 0.617. The summed E-state index contributed by atoms with van der Waals surface area (Å²) in [5, 5.41) is 13.2. The number of carbonyl (C=O) groups excluding carboxylic acids is 1. The van der Waals surface area contributed by atoms with Crippen molar-refractivity contribution in [3.63, 3.8) is 0 Å². The molecule has 0 radical (unpaired) electrons. The normalized spacial score (nSPS) is 11.9. The molecule has 7 nitrogen and oxygen atoms in total. The first kappa shape index (κ1) is 18.5. The molecule has 0 fully saturated rings. The van der Waals surface area contributed by atoms with Crippen LogP contribution in [0.3, 0.4) is 0 Å². The van der Waals surface area contributed by atoms with Crippen molar-refractivity contribution >= 4 is 5.78 Å². The number of hydrogen-bond donors (Lipinski definition) is 2. The molecule has 0 spiro atoms. The van der Waals surface area contributed by atoms with Gasteiger partial charge in [-0.25, -0.2) is 0 Å². The van der Waals surface area contributed by atoms with Gasteiger partial charge in [0, 0.05) is 11.6 Å². The Balaban J connectivity index is 1.98. The zero-order valence-corrected chi connectivity index (χ0v) is 14.9. The fourth-order valence-corrected chi connectivity index (χ4v) is 2.66. The van der Waals surface area contributed by atoms with E-state index in [1.807, 2.05) is 0 Å². The lowest BCUT2D eigenvalue weighted by Gasteiger charge is -2.18. The van der Waals surface area contributed by atoms with Crippen LogP contribution in [0.2, 0.25) is 0 Å². The van der Waals surface area contributed by atoms with Crippen LogP contribution in [0.4, 0.5) is 0 Å². The maximum Gasteiger partial charge on any atom is 0.227 e. The summed E-state index contributed by atoms with van der Waals surface area (Å²) in [6.07, 6.45) is 1.52. The van der Waals surface area contributed by atoms with Gasteiger partial charge in [-0.05, 0) is 43.3 Å². The molecule has 3 rings (SSSR count). The highest BCUT2D eigenvalue weighted by molar-refractivity contribution is 6.00. The minimum Gasteiger partial charge on any atom is -0.502 e. The highest BCUT2D eigenvalue weighted by Gasteiger charge is 2.28. The van der Waals surface area contributed by atoms with Crippen molar-refractivity contribution < 1.29 is 23.5 Å². The SMILES string of the molecule is COc1ccc(C(=O)C(NCc2ccco2)c2oc(C)cc(=O)c2O)cc1. The van der Waals surface area contributed by atoms with Crippen molar-refractivity contribution in [2.24, 2.45) is 0 Å². The smallest absolute Gasteiger partial charge is 0.227 e. The number of hydrogen-bond acceptors (Lipinski definition) is 7. The molecular weight excluding hydrogens is 350 g/mol.